The largest absolute Gasteiger partial charge is 0.365 e. The molecule has 1 aliphatic heterocycles. The van der Waals surface area contributed by atoms with Crippen molar-refractivity contribution in [1.82, 2.24) is 0 Å². The van der Waals surface area contributed by atoms with Crippen LogP contribution in [-0.2, 0) is 5.33 Å². The van der Waals surface area contributed by atoms with Gasteiger partial charge in [0.2, 0.25) is 0 Å². The second-order valence-corrected chi connectivity index (χ2v) is 5.75. The van der Waals surface area contributed by atoms with Crippen LogP contribution in [0.3, 0.4) is 0 Å². The molecule has 1 unspecified atom stereocenters. The van der Waals surface area contributed by atoms with Crippen LogP contribution in [0.4, 0.5) is 10.1 Å². The molecule has 4 heteroatoms. The Hall–Kier alpha value is -0.220. The van der Waals surface area contributed by atoms with Crippen molar-refractivity contribution >= 4 is 33.4 Å². The van der Waals surface area contributed by atoms with E-state index in [1.54, 1.807) is 6.07 Å². The summed E-state index contributed by atoms with van der Waals surface area (Å²) in [5, 5.41) is 0.704. The number of benzene rings is 1. The van der Waals surface area contributed by atoms with Crippen molar-refractivity contribution in [2.45, 2.75) is 18.3 Å². The molecule has 1 aromatic rings. The lowest BCUT2D eigenvalue weighted by Crippen LogP contribution is -2.40. The summed E-state index contributed by atoms with van der Waals surface area (Å²) in [4.78, 5) is 2.17. The van der Waals surface area contributed by atoms with Gasteiger partial charge in [-0.25, -0.2) is 4.39 Å². The van der Waals surface area contributed by atoms with Gasteiger partial charge in [-0.2, -0.15) is 11.8 Å². The van der Waals surface area contributed by atoms with Crippen LogP contribution in [0.15, 0.2) is 18.2 Å². The first-order chi connectivity index (χ1) is 7.72. The van der Waals surface area contributed by atoms with E-state index >= 15 is 0 Å². The van der Waals surface area contributed by atoms with E-state index in [9.17, 15) is 4.39 Å². The smallest absolute Gasteiger partial charge is 0.146 e. The van der Waals surface area contributed by atoms with Gasteiger partial charge in [0, 0.05) is 29.4 Å². The first-order valence-electron chi connectivity index (χ1n) is 5.41. The summed E-state index contributed by atoms with van der Waals surface area (Å²) in [5.41, 5.74) is 1.73. The molecule has 0 aromatic heterocycles. The van der Waals surface area contributed by atoms with E-state index in [2.05, 4.69) is 27.8 Å². The summed E-state index contributed by atoms with van der Waals surface area (Å²) in [6.45, 7) is 3.10. The molecule has 1 saturated heterocycles. The van der Waals surface area contributed by atoms with Gasteiger partial charge in [-0.05, 0) is 24.6 Å². The van der Waals surface area contributed by atoms with Crippen molar-refractivity contribution in [3.63, 3.8) is 0 Å². The molecular formula is C12H15BrFNS. The monoisotopic (exact) mass is 303 g/mol. The van der Waals surface area contributed by atoms with Crippen molar-refractivity contribution < 1.29 is 4.39 Å². The quantitative estimate of drug-likeness (QED) is 0.767. The fourth-order valence-electron chi connectivity index (χ4n) is 1.95. The third kappa shape index (κ3) is 2.54. The maximum atomic E-state index is 13.9. The lowest BCUT2D eigenvalue weighted by atomic mass is 10.1. The Kier molecular flexibility index (Phi) is 4.14. The van der Waals surface area contributed by atoms with E-state index in [1.807, 2.05) is 23.9 Å². The molecule has 0 spiro atoms. The molecule has 1 aromatic carbocycles. The Balaban J connectivity index is 2.25. The van der Waals surface area contributed by atoms with Crippen molar-refractivity contribution in [2.75, 3.05) is 23.0 Å². The standard InChI is InChI=1S/C12H15BrFNS/c1-9-8-16-5-4-15(9)12-3-2-10(7-13)6-11(12)14/h2-3,6,9H,4-5,7-8H2,1H3. The van der Waals surface area contributed by atoms with Gasteiger partial charge < -0.3 is 4.90 Å². The summed E-state index contributed by atoms with van der Waals surface area (Å²) in [5.74, 6) is 2.07. The summed E-state index contributed by atoms with van der Waals surface area (Å²) in [7, 11) is 0. The van der Waals surface area contributed by atoms with Crippen molar-refractivity contribution in [1.29, 1.82) is 0 Å². The van der Waals surface area contributed by atoms with Crippen LogP contribution >= 0.6 is 27.7 Å². The molecule has 1 nitrogen and oxygen atoms in total. The number of thioether (sulfide) groups is 1. The minimum atomic E-state index is -0.101. The van der Waals surface area contributed by atoms with Crippen molar-refractivity contribution in [3.8, 4) is 0 Å². The molecule has 0 amide bonds. The topological polar surface area (TPSA) is 3.24 Å². The van der Waals surface area contributed by atoms with Crippen LogP contribution in [0.5, 0.6) is 0 Å². The highest BCUT2D eigenvalue weighted by molar-refractivity contribution is 9.08. The number of anilines is 1. The molecule has 1 atom stereocenters. The lowest BCUT2D eigenvalue weighted by Gasteiger charge is -2.35. The average Bonchev–Trinajstić information content (AvgIpc) is 2.30. The Morgan fingerprint density at radius 1 is 1.56 bits per heavy atom. The van der Waals surface area contributed by atoms with Gasteiger partial charge in [0.1, 0.15) is 5.82 Å². The second-order valence-electron chi connectivity index (χ2n) is 4.04. The predicted octanol–water partition coefficient (Wildman–Crippen LogP) is 3.66. The number of hydrogen-bond donors (Lipinski definition) is 0. The second kappa shape index (κ2) is 5.41. The van der Waals surface area contributed by atoms with E-state index in [0.29, 0.717) is 11.4 Å². The first kappa shape index (κ1) is 12.2. The van der Waals surface area contributed by atoms with Gasteiger partial charge in [0.15, 0.2) is 0 Å². The number of nitrogens with zero attached hydrogens (tertiary/aromatic N) is 1. The highest BCUT2D eigenvalue weighted by Crippen LogP contribution is 2.27. The van der Waals surface area contributed by atoms with E-state index < -0.39 is 0 Å². The molecule has 88 valence electrons. The summed E-state index contributed by atoms with van der Waals surface area (Å²) in [6.07, 6.45) is 0. The van der Waals surface area contributed by atoms with E-state index in [1.165, 1.54) is 0 Å². The average molecular weight is 304 g/mol. The molecule has 1 fully saturated rings. The molecule has 0 bridgehead atoms. The third-order valence-corrected chi connectivity index (χ3v) is 4.68. The Bertz CT molecular complexity index is 372. The van der Waals surface area contributed by atoms with Gasteiger partial charge in [-0.1, -0.05) is 22.0 Å². The zero-order chi connectivity index (χ0) is 11.5. The number of hydrogen-bond acceptors (Lipinski definition) is 2. The normalized spacial score (nSPS) is 21.2. The van der Waals surface area contributed by atoms with Crippen LogP contribution in [-0.4, -0.2) is 24.1 Å². The Morgan fingerprint density at radius 3 is 3.00 bits per heavy atom. The summed E-state index contributed by atoms with van der Waals surface area (Å²) >= 11 is 5.28. The maximum Gasteiger partial charge on any atom is 0.146 e. The van der Waals surface area contributed by atoms with Crippen molar-refractivity contribution in [2.24, 2.45) is 0 Å². The van der Waals surface area contributed by atoms with Crippen molar-refractivity contribution in [3.05, 3.63) is 29.6 Å². The Morgan fingerprint density at radius 2 is 2.38 bits per heavy atom. The highest BCUT2D eigenvalue weighted by Gasteiger charge is 2.21. The van der Waals surface area contributed by atoms with Crippen LogP contribution in [0.2, 0.25) is 0 Å². The minimum absolute atomic E-state index is 0.101. The zero-order valence-corrected chi connectivity index (χ0v) is 11.7. The SMILES string of the molecule is CC1CSCCN1c1ccc(CBr)cc1F. The predicted molar refractivity (Wildman–Crippen MR) is 73.2 cm³/mol. The Labute approximate surface area is 109 Å². The minimum Gasteiger partial charge on any atom is -0.365 e. The molecule has 2 rings (SSSR count). The van der Waals surface area contributed by atoms with Gasteiger partial charge in [0.25, 0.3) is 0 Å². The molecular weight excluding hydrogens is 289 g/mol. The molecule has 0 N–H and O–H groups in total. The fraction of sp³-hybridized carbons (Fsp3) is 0.500. The van der Waals surface area contributed by atoms with Crippen LogP contribution in [0, 0.1) is 5.82 Å². The highest BCUT2D eigenvalue weighted by atomic mass is 79.9. The molecule has 16 heavy (non-hydrogen) atoms. The molecule has 1 aliphatic rings. The third-order valence-electron chi connectivity index (χ3n) is 2.84. The van der Waals surface area contributed by atoms with Gasteiger partial charge in [0.05, 0.1) is 5.69 Å². The summed E-state index contributed by atoms with van der Waals surface area (Å²) < 4.78 is 13.9. The molecule has 0 aliphatic carbocycles. The van der Waals surface area contributed by atoms with Gasteiger partial charge in [-0.3, -0.25) is 0 Å². The molecule has 1 heterocycles. The van der Waals surface area contributed by atoms with Crippen LogP contribution < -0.4 is 4.90 Å². The molecule has 0 radical (unpaired) electrons. The fourth-order valence-corrected chi connectivity index (χ4v) is 3.31. The van der Waals surface area contributed by atoms with Gasteiger partial charge >= 0.3 is 0 Å². The number of rotatable bonds is 2. The van der Waals surface area contributed by atoms with Gasteiger partial charge in [-0.15, -0.1) is 0 Å². The molecule has 0 saturated carbocycles. The van der Waals surface area contributed by atoms with E-state index in [-0.39, 0.29) is 5.82 Å². The van der Waals surface area contributed by atoms with E-state index in [0.717, 1.165) is 29.3 Å². The number of alkyl halides is 1. The summed E-state index contributed by atoms with van der Waals surface area (Å²) in [6, 6.07) is 5.93. The van der Waals surface area contributed by atoms with Crippen LogP contribution in [0.1, 0.15) is 12.5 Å². The first-order valence-corrected chi connectivity index (χ1v) is 7.68. The van der Waals surface area contributed by atoms with Crippen LogP contribution in [0.25, 0.3) is 0 Å². The maximum absolute atomic E-state index is 13.9. The number of halogens is 2. The zero-order valence-electron chi connectivity index (χ0n) is 9.25. The lowest BCUT2D eigenvalue weighted by molar-refractivity contribution is 0.602. The van der Waals surface area contributed by atoms with E-state index in [4.69, 9.17) is 0 Å².